The second kappa shape index (κ2) is 6.49. The highest BCUT2D eigenvalue weighted by molar-refractivity contribution is 5.72. The Morgan fingerprint density at radius 3 is 2.95 bits per heavy atom. The highest BCUT2D eigenvalue weighted by atomic mass is 16.5. The van der Waals surface area contributed by atoms with Gasteiger partial charge in [-0.2, -0.15) is 0 Å². The number of nitrogens with two attached hydrogens (primary N) is 1. The van der Waals surface area contributed by atoms with Crippen LogP contribution in [0.2, 0.25) is 0 Å². The zero-order valence-electron chi connectivity index (χ0n) is 11.1. The summed E-state index contributed by atoms with van der Waals surface area (Å²) in [5, 5.41) is 0. The number of likely N-dealkylation sites (tertiary alicyclic amines) is 1. The van der Waals surface area contributed by atoms with Crippen LogP contribution < -0.4 is 11.3 Å². The Morgan fingerprint density at radius 1 is 1.58 bits per heavy atom. The number of nitrogen functional groups attached to an aromatic ring is 1. The monoisotopic (exact) mass is 264 g/mol. The number of methoxy groups -OCH3 is 1. The molecule has 1 saturated heterocycles. The lowest BCUT2D eigenvalue weighted by atomic mass is 9.97. The van der Waals surface area contributed by atoms with Crippen LogP contribution in [-0.2, 0) is 16.1 Å². The third-order valence-corrected chi connectivity index (χ3v) is 3.49. The van der Waals surface area contributed by atoms with Crippen molar-refractivity contribution in [3.8, 4) is 0 Å². The topological polar surface area (TPSA) is 80.5 Å². The minimum atomic E-state index is -0.0906. The van der Waals surface area contributed by atoms with Crippen LogP contribution in [0.25, 0.3) is 0 Å². The van der Waals surface area contributed by atoms with Gasteiger partial charge in [-0.3, -0.25) is 20.5 Å². The average molecular weight is 264 g/mol. The summed E-state index contributed by atoms with van der Waals surface area (Å²) >= 11 is 0. The van der Waals surface area contributed by atoms with Crippen molar-refractivity contribution in [3.05, 3.63) is 24.0 Å². The number of hydrogen-bond acceptors (Lipinski definition) is 6. The quantitative estimate of drug-likeness (QED) is 0.474. The van der Waals surface area contributed by atoms with E-state index in [-0.39, 0.29) is 11.9 Å². The lowest BCUT2D eigenvalue weighted by molar-refractivity contribution is -0.147. The molecule has 1 aliphatic rings. The van der Waals surface area contributed by atoms with Crippen LogP contribution in [0.5, 0.6) is 0 Å². The van der Waals surface area contributed by atoms with Crippen molar-refractivity contribution >= 4 is 11.7 Å². The number of anilines is 1. The summed E-state index contributed by atoms with van der Waals surface area (Å²) in [4.78, 5) is 18.1. The first kappa shape index (κ1) is 13.8. The maximum atomic E-state index is 11.4. The van der Waals surface area contributed by atoms with Gasteiger partial charge in [0.1, 0.15) is 0 Å². The lowest BCUT2D eigenvalue weighted by Gasteiger charge is -2.30. The molecule has 19 heavy (non-hydrogen) atoms. The van der Waals surface area contributed by atoms with Gasteiger partial charge in [0.25, 0.3) is 0 Å². The molecular formula is C13H20N4O2. The number of aromatic nitrogens is 1. The highest BCUT2D eigenvalue weighted by Crippen LogP contribution is 2.20. The summed E-state index contributed by atoms with van der Waals surface area (Å²) in [6, 6.07) is 3.76. The average Bonchev–Trinajstić information content (AvgIpc) is 2.47. The molecule has 1 aromatic heterocycles. The normalized spacial score (nSPS) is 17.2. The van der Waals surface area contributed by atoms with Crippen molar-refractivity contribution in [1.82, 2.24) is 9.88 Å². The Balaban J connectivity index is 1.86. The molecule has 6 nitrogen and oxygen atoms in total. The smallest absolute Gasteiger partial charge is 0.308 e. The van der Waals surface area contributed by atoms with E-state index in [9.17, 15) is 4.79 Å². The second-order valence-corrected chi connectivity index (χ2v) is 4.75. The van der Waals surface area contributed by atoms with E-state index in [2.05, 4.69) is 15.3 Å². The van der Waals surface area contributed by atoms with Gasteiger partial charge in [0.2, 0.25) is 0 Å². The molecule has 1 aromatic rings. The van der Waals surface area contributed by atoms with Gasteiger partial charge in [0.05, 0.1) is 24.4 Å². The van der Waals surface area contributed by atoms with Gasteiger partial charge >= 0.3 is 5.97 Å². The number of nitrogens with zero attached hydrogens (tertiary/aromatic N) is 2. The van der Waals surface area contributed by atoms with Gasteiger partial charge in [-0.05, 0) is 38.1 Å². The first-order valence-corrected chi connectivity index (χ1v) is 6.44. The molecule has 2 rings (SSSR count). The summed E-state index contributed by atoms with van der Waals surface area (Å²) in [5.41, 5.74) is 4.45. The van der Waals surface area contributed by atoms with Gasteiger partial charge in [-0.15, -0.1) is 0 Å². The Bertz CT molecular complexity index is 430. The first-order chi connectivity index (χ1) is 9.22. The summed E-state index contributed by atoms with van der Waals surface area (Å²) in [6.07, 6.45) is 3.44. The zero-order valence-corrected chi connectivity index (χ0v) is 11.1. The SMILES string of the molecule is COC(=O)C1CCN(Cc2cc(NN)ccn2)CC1. The molecule has 0 aromatic carbocycles. The maximum Gasteiger partial charge on any atom is 0.308 e. The zero-order chi connectivity index (χ0) is 13.7. The maximum absolute atomic E-state index is 11.4. The van der Waals surface area contributed by atoms with E-state index >= 15 is 0 Å². The first-order valence-electron chi connectivity index (χ1n) is 6.44. The van der Waals surface area contributed by atoms with E-state index in [1.54, 1.807) is 6.20 Å². The predicted octanol–water partition coefficient (Wildman–Crippen LogP) is 0.752. The van der Waals surface area contributed by atoms with Crippen molar-refractivity contribution < 1.29 is 9.53 Å². The second-order valence-electron chi connectivity index (χ2n) is 4.75. The minimum absolute atomic E-state index is 0.0475. The molecule has 6 heteroatoms. The van der Waals surface area contributed by atoms with E-state index in [0.29, 0.717) is 0 Å². The third kappa shape index (κ3) is 3.65. The van der Waals surface area contributed by atoms with Crippen molar-refractivity contribution in [2.45, 2.75) is 19.4 Å². The number of nitrogens with one attached hydrogen (secondary N) is 1. The lowest BCUT2D eigenvalue weighted by Crippen LogP contribution is -2.36. The third-order valence-electron chi connectivity index (χ3n) is 3.49. The predicted molar refractivity (Wildman–Crippen MR) is 72.1 cm³/mol. The van der Waals surface area contributed by atoms with E-state index in [4.69, 9.17) is 10.6 Å². The van der Waals surface area contributed by atoms with E-state index < -0.39 is 0 Å². The fraction of sp³-hybridized carbons (Fsp3) is 0.538. The number of piperidine rings is 1. The number of hydrogen-bond donors (Lipinski definition) is 2. The number of pyridine rings is 1. The Labute approximate surface area is 112 Å². The van der Waals surface area contributed by atoms with Crippen molar-refractivity contribution in [1.29, 1.82) is 0 Å². The Morgan fingerprint density at radius 2 is 2.32 bits per heavy atom. The highest BCUT2D eigenvalue weighted by Gasteiger charge is 2.25. The molecule has 104 valence electrons. The molecule has 0 radical (unpaired) electrons. The van der Waals surface area contributed by atoms with Crippen molar-refractivity contribution in [2.75, 3.05) is 25.6 Å². The van der Waals surface area contributed by atoms with Crippen LogP contribution in [0, 0.1) is 5.92 Å². The van der Waals surface area contributed by atoms with E-state index in [1.165, 1.54) is 7.11 Å². The molecule has 0 saturated carbocycles. The fourth-order valence-corrected chi connectivity index (χ4v) is 2.38. The van der Waals surface area contributed by atoms with Gasteiger partial charge in [0.15, 0.2) is 0 Å². The molecule has 0 atom stereocenters. The van der Waals surface area contributed by atoms with Gasteiger partial charge in [-0.25, -0.2) is 0 Å². The van der Waals surface area contributed by atoms with Crippen LogP contribution in [-0.4, -0.2) is 36.1 Å². The molecule has 1 aliphatic heterocycles. The largest absolute Gasteiger partial charge is 0.469 e. The molecule has 2 heterocycles. The number of rotatable bonds is 4. The van der Waals surface area contributed by atoms with Crippen LogP contribution in [0.15, 0.2) is 18.3 Å². The van der Waals surface area contributed by atoms with E-state index in [0.717, 1.165) is 43.9 Å². The number of carbonyl (C=O) groups is 1. The molecule has 0 bridgehead atoms. The van der Waals surface area contributed by atoms with Crippen molar-refractivity contribution in [3.63, 3.8) is 0 Å². The molecule has 1 fully saturated rings. The number of ether oxygens (including phenoxy) is 1. The molecule has 0 amide bonds. The van der Waals surface area contributed by atoms with Crippen LogP contribution in [0.1, 0.15) is 18.5 Å². The summed E-state index contributed by atoms with van der Waals surface area (Å²) in [6.45, 7) is 2.56. The molecule has 3 N–H and O–H groups in total. The molecule has 0 unspecified atom stereocenters. The fourth-order valence-electron chi connectivity index (χ4n) is 2.38. The number of esters is 1. The Hall–Kier alpha value is -1.66. The number of hydrazine groups is 1. The van der Waals surface area contributed by atoms with Gasteiger partial charge in [0, 0.05) is 12.7 Å². The van der Waals surface area contributed by atoms with Crippen LogP contribution in [0.3, 0.4) is 0 Å². The molecule has 0 spiro atoms. The van der Waals surface area contributed by atoms with Crippen molar-refractivity contribution in [2.24, 2.45) is 11.8 Å². The van der Waals surface area contributed by atoms with Gasteiger partial charge in [-0.1, -0.05) is 0 Å². The van der Waals surface area contributed by atoms with Crippen LogP contribution in [0.4, 0.5) is 5.69 Å². The van der Waals surface area contributed by atoms with E-state index in [1.807, 2.05) is 12.1 Å². The standard InChI is InChI=1S/C13H20N4O2/c1-19-13(18)10-3-6-17(7-4-10)9-12-8-11(16-14)2-5-15-12/h2,5,8,10H,3-4,6-7,9,14H2,1H3,(H,15,16). The molecule has 0 aliphatic carbocycles. The minimum Gasteiger partial charge on any atom is -0.469 e. The Kier molecular flexibility index (Phi) is 4.70. The summed E-state index contributed by atoms with van der Waals surface area (Å²) in [5.74, 6) is 5.33. The van der Waals surface area contributed by atoms with Crippen LogP contribution >= 0.6 is 0 Å². The number of carbonyl (C=O) groups excluding carboxylic acids is 1. The molecular weight excluding hydrogens is 244 g/mol. The van der Waals surface area contributed by atoms with Gasteiger partial charge < -0.3 is 10.2 Å². The summed E-state index contributed by atoms with van der Waals surface area (Å²) in [7, 11) is 1.45. The summed E-state index contributed by atoms with van der Waals surface area (Å²) < 4.78 is 4.78.